The summed E-state index contributed by atoms with van der Waals surface area (Å²) in [5.41, 5.74) is 2.09. The van der Waals surface area contributed by atoms with E-state index in [0.29, 0.717) is 5.82 Å². The molecule has 3 nitrogen and oxygen atoms in total. The summed E-state index contributed by atoms with van der Waals surface area (Å²) in [4.78, 5) is 18.2. The van der Waals surface area contributed by atoms with Crippen LogP contribution in [-0.4, -0.2) is 16.8 Å². The van der Waals surface area contributed by atoms with E-state index < -0.39 is 5.82 Å². The lowest BCUT2D eigenvalue weighted by Crippen LogP contribution is -2.32. The molecule has 0 N–H and O–H groups in total. The summed E-state index contributed by atoms with van der Waals surface area (Å²) in [5.74, 6) is -0.683. The lowest BCUT2D eigenvalue weighted by atomic mass is 10.1. The Balaban J connectivity index is 2.04. The van der Waals surface area contributed by atoms with Crippen molar-refractivity contribution in [1.82, 2.24) is 4.98 Å². The number of fused-ring (bicyclic) bond motifs is 1. The molecular formula is C19H15Cl2FN2O. The van der Waals surface area contributed by atoms with E-state index in [1.807, 2.05) is 31.2 Å². The number of hydrogen-bond donors (Lipinski definition) is 0. The maximum Gasteiger partial charge on any atom is 0.243 e. The van der Waals surface area contributed by atoms with E-state index in [0.717, 1.165) is 16.5 Å². The Bertz CT molecular complexity index is 926. The van der Waals surface area contributed by atoms with Gasteiger partial charge in [-0.2, -0.15) is 0 Å². The molecule has 0 spiro atoms. The molecule has 3 rings (SSSR count). The van der Waals surface area contributed by atoms with E-state index >= 15 is 0 Å². The van der Waals surface area contributed by atoms with Gasteiger partial charge in [-0.25, -0.2) is 9.37 Å². The molecule has 128 valence electrons. The van der Waals surface area contributed by atoms with Gasteiger partial charge in [-0.3, -0.25) is 9.69 Å². The molecular weight excluding hydrogens is 362 g/mol. The first-order valence-corrected chi connectivity index (χ1v) is 8.57. The molecule has 0 aliphatic heterocycles. The van der Waals surface area contributed by atoms with Gasteiger partial charge in [0.2, 0.25) is 5.91 Å². The van der Waals surface area contributed by atoms with Crippen LogP contribution in [0.2, 0.25) is 5.02 Å². The maximum atomic E-state index is 14.1. The Morgan fingerprint density at radius 2 is 2.00 bits per heavy atom. The van der Waals surface area contributed by atoms with Gasteiger partial charge >= 0.3 is 0 Å². The zero-order chi connectivity index (χ0) is 18.0. The third-order valence-electron chi connectivity index (χ3n) is 3.90. The number of amides is 1. The average molecular weight is 377 g/mol. The molecule has 1 heterocycles. The zero-order valence-electron chi connectivity index (χ0n) is 13.5. The number of aromatic nitrogens is 1. The molecule has 0 bridgehead atoms. The van der Waals surface area contributed by atoms with Crippen LogP contribution >= 0.6 is 23.2 Å². The van der Waals surface area contributed by atoms with Crippen LogP contribution in [0.25, 0.3) is 10.9 Å². The number of carbonyl (C=O) groups is 1. The predicted octanol–water partition coefficient (Wildman–Crippen LogP) is 5.11. The van der Waals surface area contributed by atoms with E-state index in [9.17, 15) is 9.18 Å². The molecule has 0 fully saturated rings. The van der Waals surface area contributed by atoms with E-state index in [1.165, 1.54) is 17.0 Å². The third kappa shape index (κ3) is 3.75. The van der Waals surface area contributed by atoms with Crippen molar-refractivity contribution in [1.29, 1.82) is 0 Å². The highest BCUT2D eigenvalue weighted by Crippen LogP contribution is 2.25. The highest BCUT2D eigenvalue weighted by Gasteiger charge is 2.20. The predicted molar refractivity (Wildman–Crippen MR) is 99.8 cm³/mol. The van der Waals surface area contributed by atoms with Crippen LogP contribution in [0.5, 0.6) is 0 Å². The second-order valence-corrected chi connectivity index (χ2v) is 6.35. The summed E-state index contributed by atoms with van der Waals surface area (Å²) in [5, 5.41) is 1.22. The third-order valence-corrected chi connectivity index (χ3v) is 4.48. The number of nitrogens with zero attached hydrogens (tertiary/aromatic N) is 2. The molecule has 25 heavy (non-hydrogen) atoms. The van der Waals surface area contributed by atoms with Gasteiger partial charge in [-0.15, -0.1) is 11.6 Å². The number of alkyl halides is 1. The van der Waals surface area contributed by atoms with Gasteiger partial charge in [0.1, 0.15) is 17.5 Å². The van der Waals surface area contributed by atoms with Crippen molar-refractivity contribution >= 4 is 45.8 Å². The lowest BCUT2D eigenvalue weighted by molar-refractivity contribution is -0.116. The normalized spacial score (nSPS) is 10.9. The fourth-order valence-corrected chi connectivity index (χ4v) is 2.96. The molecule has 1 amide bonds. The molecule has 0 atom stereocenters. The summed E-state index contributed by atoms with van der Waals surface area (Å²) < 4.78 is 14.1. The van der Waals surface area contributed by atoms with E-state index in [-0.39, 0.29) is 28.9 Å². The number of rotatable bonds is 4. The quantitative estimate of drug-likeness (QED) is 0.592. The van der Waals surface area contributed by atoms with Gasteiger partial charge in [-0.1, -0.05) is 29.3 Å². The molecule has 1 aromatic heterocycles. The molecule has 0 radical (unpaired) electrons. The molecule has 6 heteroatoms. The smallest absolute Gasteiger partial charge is 0.243 e. The molecule has 0 saturated heterocycles. The fourth-order valence-electron chi connectivity index (χ4n) is 2.60. The van der Waals surface area contributed by atoms with Crippen molar-refractivity contribution in [3.05, 3.63) is 70.5 Å². The zero-order valence-corrected chi connectivity index (χ0v) is 15.0. The Hall–Kier alpha value is -2.17. The highest BCUT2D eigenvalue weighted by atomic mass is 35.5. The van der Waals surface area contributed by atoms with Crippen molar-refractivity contribution < 1.29 is 9.18 Å². The number of carbonyl (C=O) groups excluding carboxylic acids is 1. The molecule has 0 aliphatic carbocycles. The standard InChI is InChI=1S/C19H15Cl2FN2O/c1-12-5-7-17-13(9-12)6-8-18(23-17)24(19(25)10-20)11-14-15(21)3-2-4-16(14)22/h2-9H,10-11H2,1H3. The average Bonchev–Trinajstić information content (AvgIpc) is 2.60. The highest BCUT2D eigenvalue weighted by molar-refractivity contribution is 6.31. The van der Waals surface area contributed by atoms with Gasteiger partial charge in [-0.05, 0) is 43.3 Å². The SMILES string of the molecule is Cc1ccc2nc(N(Cc3c(F)cccc3Cl)C(=O)CCl)ccc2c1. The van der Waals surface area contributed by atoms with Gasteiger partial charge in [0.25, 0.3) is 0 Å². The van der Waals surface area contributed by atoms with Crippen molar-refractivity contribution in [2.24, 2.45) is 0 Å². The van der Waals surface area contributed by atoms with E-state index in [4.69, 9.17) is 23.2 Å². The first kappa shape index (κ1) is 17.6. The number of benzene rings is 2. The number of hydrogen-bond acceptors (Lipinski definition) is 2. The lowest BCUT2D eigenvalue weighted by Gasteiger charge is -2.22. The largest absolute Gasteiger partial charge is 0.291 e. The molecule has 0 unspecified atom stereocenters. The van der Waals surface area contributed by atoms with Crippen LogP contribution in [0.15, 0.2) is 48.5 Å². The minimum atomic E-state index is -0.476. The second kappa shape index (κ2) is 7.38. The monoisotopic (exact) mass is 376 g/mol. The number of anilines is 1. The Labute approximate surface area is 155 Å². The molecule has 0 aliphatic rings. The van der Waals surface area contributed by atoms with Crippen LogP contribution in [0.3, 0.4) is 0 Å². The molecule has 2 aromatic carbocycles. The van der Waals surface area contributed by atoms with E-state index in [1.54, 1.807) is 12.1 Å². The topological polar surface area (TPSA) is 33.2 Å². The fraction of sp³-hybridized carbons (Fsp3) is 0.158. The van der Waals surface area contributed by atoms with Crippen molar-refractivity contribution in [2.75, 3.05) is 10.8 Å². The first-order chi connectivity index (χ1) is 12.0. The van der Waals surface area contributed by atoms with Crippen molar-refractivity contribution in [2.45, 2.75) is 13.5 Å². The van der Waals surface area contributed by atoms with Crippen molar-refractivity contribution in [3.63, 3.8) is 0 Å². The number of aryl methyl sites for hydroxylation is 1. The summed E-state index contributed by atoms with van der Waals surface area (Å²) in [6, 6.07) is 13.8. The summed E-state index contributed by atoms with van der Waals surface area (Å²) in [6.45, 7) is 1.96. The minimum absolute atomic E-state index is 0.0402. The maximum absolute atomic E-state index is 14.1. The van der Waals surface area contributed by atoms with Crippen LogP contribution in [0.4, 0.5) is 10.2 Å². The summed E-state index contributed by atoms with van der Waals surface area (Å²) in [6.07, 6.45) is 0. The summed E-state index contributed by atoms with van der Waals surface area (Å²) in [7, 11) is 0. The Morgan fingerprint density at radius 3 is 2.72 bits per heavy atom. The van der Waals surface area contributed by atoms with Gasteiger partial charge in [0, 0.05) is 16.0 Å². The van der Waals surface area contributed by atoms with E-state index in [2.05, 4.69) is 4.98 Å². The minimum Gasteiger partial charge on any atom is -0.291 e. The Morgan fingerprint density at radius 1 is 1.20 bits per heavy atom. The van der Waals surface area contributed by atoms with Crippen LogP contribution in [0.1, 0.15) is 11.1 Å². The van der Waals surface area contributed by atoms with Crippen LogP contribution in [-0.2, 0) is 11.3 Å². The number of pyridine rings is 1. The van der Waals surface area contributed by atoms with Crippen molar-refractivity contribution in [3.8, 4) is 0 Å². The van der Waals surface area contributed by atoms with Gasteiger partial charge in [0.15, 0.2) is 0 Å². The number of halogens is 3. The van der Waals surface area contributed by atoms with Crippen LogP contribution < -0.4 is 4.90 Å². The molecule has 3 aromatic rings. The Kier molecular flexibility index (Phi) is 5.21. The first-order valence-electron chi connectivity index (χ1n) is 7.66. The van der Waals surface area contributed by atoms with Gasteiger partial charge < -0.3 is 0 Å². The second-order valence-electron chi connectivity index (χ2n) is 5.68. The van der Waals surface area contributed by atoms with Gasteiger partial charge in [0.05, 0.1) is 12.1 Å². The van der Waals surface area contributed by atoms with Crippen LogP contribution in [0, 0.1) is 12.7 Å². The molecule has 0 saturated carbocycles. The summed E-state index contributed by atoms with van der Waals surface area (Å²) >= 11 is 11.8.